The summed E-state index contributed by atoms with van der Waals surface area (Å²) in [6.45, 7) is 9.40. The molecule has 1 saturated heterocycles. The van der Waals surface area contributed by atoms with Crippen molar-refractivity contribution >= 4 is 5.96 Å². The first-order chi connectivity index (χ1) is 12.2. The van der Waals surface area contributed by atoms with Crippen molar-refractivity contribution in [1.29, 1.82) is 0 Å². The molecule has 2 rings (SSSR count). The summed E-state index contributed by atoms with van der Waals surface area (Å²) in [5.41, 5.74) is 8.66. The van der Waals surface area contributed by atoms with Crippen LogP contribution in [0.3, 0.4) is 0 Å². The highest BCUT2D eigenvalue weighted by Gasteiger charge is 2.22. The molecule has 1 aliphatic rings. The largest absolute Gasteiger partial charge is 0.379 e. The smallest absolute Gasteiger partial charge is 0.188 e. The topological polar surface area (TPSA) is 62.9 Å². The lowest BCUT2D eigenvalue weighted by Gasteiger charge is -2.34. The Labute approximate surface area is 152 Å². The second-order valence-electron chi connectivity index (χ2n) is 6.79. The average Bonchev–Trinajstić information content (AvgIpc) is 2.63. The first kappa shape index (κ1) is 19.7. The van der Waals surface area contributed by atoms with Crippen LogP contribution in [0.5, 0.6) is 0 Å². The monoisotopic (exact) mass is 346 g/mol. The number of benzene rings is 1. The zero-order valence-corrected chi connectivity index (χ0v) is 15.8. The van der Waals surface area contributed by atoms with E-state index in [1.54, 1.807) is 0 Å². The molecule has 1 aliphatic heterocycles. The zero-order valence-electron chi connectivity index (χ0n) is 15.8. The van der Waals surface area contributed by atoms with E-state index in [0.29, 0.717) is 12.5 Å². The lowest BCUT2D eigenvalue weighted by molar-refractivity contribution is 0.0180. The van der Waals surface area contributed by atoms with E-state index in [9.17, 15) is 0 Å². The second kappa shape index (κ2) is 11.1. The Hall–Kier alpha value is -1.59. The van der Waals surface area contributed by atoms with E-state index < -0.39 is 0 Å². The SMILES string of the molecule is CCCCCCNC(N)=NCC(c1cccc(C)c1)N1CCOCC1. The standard InChI is InChI=1S/C20H34N4O/c1-3-4-5-6-10-22-20(21)23-16-19(24-11-13-25-14-12-24)18-9-7-8-17(2)15-18/h7-9,15,19H,3-6,10-14,16H2,1-2H3,(H3,21,22,23). The molecule has 0 bridgehead atoms. The number of unbranched alkanes of at least 4 members (excludes halogenated alkanes) is 3. The lowest BCUT2D eigenvalue weighted by Crippen LogP contribution is -2.41. The van der Waals surface area contributed by atoms with E-state index in [1.165, 1.54) is 30.4 Å². The van der Waals surface area contributed by atoms with Gasteiger partial charge in [-0.15, -0.1) is 0 Å². The van der Waals surface area contributed by atoms with Crippen molar-refractivity contribution in [1.82, 2.24) is 10.2 Å². The number of nitrogens with two attached hydrogens (primary N) is 1. The number of aryl methyl sites for hydroxylation is 1. The lowest BCUT2D eigenvalue weighted by atomic mass is 10.0. The highest BCUT2D eigenvalue weighted by atomic mass is 16.5. The molecule has 1 aromatic carbocycles. The van der Waals surface area contributed by atoms with Gasteiger partial charge in [0.2, 0.25) is 0 Å². The summed E-state index contributed by atoms with van der Waals surface area (Å²) in [4.78, 5) is 7.08. The molecule has 140 valence electrons. The van der Waals surface area contributed by atoms with Gasteiger partial charge in [0, 0.05) is 19.6 Å². The van der Waals surface area contributed by atoms with E-state index in [2.05, 4.69) is 53.3 Å². The van der Waals surface area contributed by atoms with Crippen LogP contribution in [0.4, 0.5) is 0 Å². The molecule has 5 heteroatoms. The Morgan fingerprint density at radius 2 is 2.08 bits per heavy atom. The molecule has 1 atom stereocenters. The van der Waals surface area contributed by atoms with Crippen LogP contribution < -0.4 is 11.1 Å². The number of nitrogens with one attached hydrogen (secondary N) is 1. The second-order valence-corrected chi connectivity index (χ2v) is 6.79. The van der Waals surface area contributed by atoms with Gasteiger partial charge >= 0.3 is 0 Å². The third-order valence-corrected chi connectivity index (χ3v) is 4.68. The number of morpholine rings is 1. The molecule has 0 aliphatic carbocycles. The molecule has 0 aromatic heterocycles. The highest BCUT2D eigenvalue weighted by Crippen LogP contribution is 2.23. The van der Waals surface area contributed by atoms with Gasteiger partial charge in [0.1, 0.15) is 0 Å². The third-order valence-electron chi connectivity index (χ3n) is 4.68. The van der Waals surface area contributed by atoms with Gasteiger partial charge in [0.05, 0.1) is 25.8 Å². The molecular weight excluding hydrogens is 312 g/mol. The summed E-state index contributed by atoms with van der Waals surface area (Å²) in [5.74, 6) is 0.558. The van der Waals surface area contributed by atoms with Crippen molar-refractivity contribution < 1.29 is 4.74 Å². The molecule has 1 heterocycles. The average molecular weight is 347 g/mol. The van der Waals surface area contributed by atoms with E-state index in [1.807, 2.05) is 0 Å². The Morgan fingerprint density at radius 3 is 2.80 bits per heavy atom. The molecule has 0 amide bonds. The van der Waals surface area contributed by atoms with Crippen molar-refractivity contribution in [3.05, 3.63) is 35.4 Å². The fourth-order valence-corrected chi connectivity index (χ4v) is 3.21. The quantitative estimate of drug-likeness (QED) is 0.410. The van der Waals surface area contributed by atoms with Gasteiger partial charge in [0.25, 0.3) is 0 Å². The van der Waals surface area contributed by atoms with Crippen molar-refractivity contribution in [2.45, 2.75) is 45.6 Å². The van der Waals surface area contributed by atoms with Crippen LogP contribution in [0, 0.1) is 6.92 Å². The number of nitrogens with zero attached hydrogens (tertiary/aromatic N) is 2. The number of hydrogen-bond donors (Lipinski definition) is 2. The van der Waals surface area contributed by atoms with E-state index in [0.717, 1.165) is 39.3 Å². The molecule has 1 fully saturated rings. The van der Waals surface area contributed by atoms with E-state index in [-0.39, 0.29) is 6.04 Å². The maximum atomic E-state index is 6.07. The fraction of sp³-hybridized carbons (Fsp3) is 0.650. The van der Waals surface area contributed by atoms with Crippen LogP contribution in [0.1, 0.15) is 49.8 Å². The summed E-state index contributed by atoms with van der Waals surface area (Å²) in [6, 6.07) is 8.96. The summed E-state index contributed by atoms with van der Waals surface area (Å²) in [7, 11) is 0. The molecule has 3 N–H and O–H groups in total. The van der Waals surface area contributed by atoms with Gasteiger partial charge in [-0.3, -0.25) is 9.89 Å². The van der Waals surface area contributed by atoms with Crippen LogP contribution >= 0.6 is 0 Å². The van der Waals surface area contributed by atoms with Gasteiger partial charge in [-0.05, 0) is 18.9 Å². The summed E-state index contributed by atoms with van der Waals surface area (Å²) in [6.07, 6.45) is 4.93. The third kappa shape index (κ3) is 7.04. The first-order valence-corrected chi connectivity index (χ1v) is 9.63. The number of aliphatic imine (C=N–C) groups is 1. The van der Waals surface area contributed by atoms with Crippen molar-refractivity contribution in [2.24, 2.45) is 10.7 Å². The fourth-order valence-electron chi connectivity index (χ4n) is 3.21. The Morgan fingerprint density at radius 1 is 1.28 bits per heavy atom. The Kier molecular flexibility index (Phi) is 8.77. The Balaban J connectivity index is 1.94. The zero-order chi connectivity index (χ0) is 17.9. The molecule has 0 radical (unpaired) electrons. The Bertz CT molecular complexity index is 526. The number of guanidine groups is 1. The summed E-state index contributed by atoms with van der Waals surface area (Å²) in [5, 5.41) is 3.25. The van der Waals surface area contributed by atoms with Crippen LogP contribution in [-0.4, -0.2) is 50.3 Å². The molecule has 0 saturated carbocycles. The van der Waals surface area contributed by atoms with Crippen molar-refractivity contribution in [3.8, 4) is 0 Å². The maximum Gasteiger partial charge on any atom is 0.188 e. The summed E-state index contributed by atoms with van der Waals surface area (Å²) < 4.78 is 5.51. The maximum absolute atomic E-state index is 6.07. The number of hydrogen-bond acceptors (Lipinski definition) is 3. The van der Waals surface area contributed by atoms with Crippen molar-refractivity contribution in [2.75, 3.05) is 39.4 Å². The molecule has 5 nitrogen and oxygen atoms in total. The van der Waals surface area contributed by atoms with Crippen LogP contribution in [0.25, 0.3) is 0 Å². The minimum Gasteiger partial charge on any atom is -0.379 e. The number of ether oxygens (including phenoxy) is 1. The van der Waals surface area contributed by atoms with Gasteiger partial charge in [-0.2, -0.15) is 0 Å². The molecule has 25 heavy (non-hydrogen) atoms. The van der Waals surface area contributed by atoms with Crippen LogP contribution in [0.2, 0.25) is 0 Å². The molecular formula is C20H34N4O. The normalized spacial score (nSPS) is 17.4. The van der Waals surface area contributed by atoms with E-state index >= 15 is 0 Å². The molecule has 0 spiro atoms. The molecule has 1 unspecified atom stereocenters. The van der Waals surface area contributed by atoms with Gasteiger partial charge < -0.3 is 15.8 Å². The predicted molar refractivity (Wildman–Crippen MR) is 105 cm³/mol. The van der Waals surface area contributed by atoms with Gasteiger partial charge in [-0.25, -0.2) is 0 Å². The predicted octanol–water partition coefficient (Wildman–Crippen LogP) is 2.85. The van der Waals surface area contributed by atoms with E-state index in [4.69, 9.17) is 10.5 Å². The van der Waals surface area contributed by atoms with Gasteiger partial charge in [0.15, 0.2) is 5.96 Å². The molecule has 1 aromatic rings. The first-order valence-electron chi connectivity index (χ1n) is 9.63. The van der Waals surface area contributed by atoms with Crippen LogP contribution in [0.15, 0.2) is 29.3 Å². The minimum atomic E-state index is 0.254. The minimum absolute atomic E-state index is 0.254. The van der Waals surface area contributed by atoms with Crippen LogP contribution in [-0.2, 0) is 4.74 Å². The number of rotatable bonds is 9. The summed E-state index contributed by atoms with van der Waals surface area (Å²) >= 11 is 0. The van der Waals surface area contributed by atoms with Crippen molar-refractivity contribution in [3.63, 3.8) is 0 Å². The highest BCUT2D eigenvalue weighted by molar-refractivity contribution is 5.77. The van der Waals surface area contributed by atoms with Gasteiger partial charge in [-0.1, -0.05) is 56.0 Å².